The van der Waals surface area contributed by atoms with Gasteiger partial charge in [-0.05, 0) is 59.7 Å². The van der Waals surface area contributed by atoms with E-state index in [1.54, 1.807) is 11.3 Å². The Bertz CT molecular complexity index is 864. The first-order chi connectivity index (χ1) is 11.4. The number of fused-ring (bicyclic) bond motifs is 1. The topological polar surface area (TPSA) is 33.1 Å². The fourth-order valence-electron chi connectivity index (χ4n) is 2.80. The monoisotopic (exact) mass is 359 g/mol. The summed E-state index contributed by atoms with van der Waals surface area (Å²) in [5, 5.41) is 10.4. The van der Waals surface area contributed by atoms with Gasteiger partial charge < -0.3 is 5.11 Å². The molecule has 0 saturated heterocycles. The quantitative estimate of drug-likeness (QED) is 0.634. The zero-order valence-electron chi connectivity index (χ0n) is 14.3. The standard InChI is InChI=1S/C20H22ClNOS/c1-20(2,3)15-6-7-16-14(12-15)11-13(5-4-10-23)19(22-16)17-8-9-18(21)24-17/h6-9,11-12,23H,4-5,10H2,1-3H3. The lowest BCUT2D eigenvalue weighted by molar-refractivity contribution is 0.288. The number of hydrogen-bond acceptors (Lipinski definition) is 3. The number of pyridine rings is 1. The van der Waals surface area contributed by atoms with Gasteiger partial charge in [-0.3, -0.25) is 0 Å². The van der Waals surface area contributed by atoms with Gasteiger partial charge in [0.05, 0.1) is 20.4 Å². The number of aromatic nitrogens is 1. The lowest BCUT2D eigenvalue weighted by atomic mass is 9.86. The second kappa shape index (κ2) is 6.83. The molecule has 0 radical (unpaired) electrons. The van der Waals surface area contributed by atoms with Gasteiger partial charge in [-0.25, -0.2) is 4.98 Å². The summed E-state index contributed by atoms with van der Waals surface area (Å²) in [5.41, 5.74) is 4.56. The number of halogens is 1. The molecule has 0 amide bonds. The van der Waals surface area contributed by atoms with Crippen molar-refractivity contribution in [3.05, 3.63) is 51.9 Å². The highest BCUT2D eigenvalue weighted by molar-refractivity contribution is 7.19. The number of aliphatic hydroxyl groups excluding tert-OH is 1. The van der Waals surface area contributed by atoms with Crippen molar-refractivity contribution in [2.45, 2.75) is 39.0 Å². The molecule has 3 aromatic rings. The first-order valence-electron chi connectivity index (χ1n) is 8.19. The van der Waals surface area contributed by atoms with Crippen molar-refractivity contribution in [1.29, 1.82) is 0 Å². The van der Waals surface area contributed by atoms with Gasteiger partial charge in [-0.15, -0.1) is 11.3 Å². The van der Waals surface area contributed by atoms with Crippen LogP contribution in [0.1, 0.15) is 38.3 Å². The molecule has 0 atom stereocenters. The van der Waals surface area contributed by atoms with Gasteiger partial charge >= 0.3 is 0 Å². The van der Waals surface area contributed by atoms with Gasteiger partial charge in [-0.1, -0.05) is 38.4 Å². The third-order valence-electron chi connectivity index (χ3n) is 4.17. The van der Waals surface area contributed by atoms with E-state index in [0.29, 0.717) is 0 Å². The molecule has 0 fully saturated rings. The zero-order chi connectivity index (χ0) is 17.3. The van der Waals surface area contributed by atoms with Crippen LogP contribution in [0.3, 0.4) is 0 Å². The fraction of sp³-hybridized carbons (Fsp3) is 0.350. The normalized spacial score (nSPS) is 12.0. The van der Waals surface area contributed by atoms with E-state index in [4.69, 9.17) is 16.6 Å². The van der Waals surface area contributed by atoms with Gasteiger partial charge in [0.2, 0.25) is 0 Å². The van der Waals surface area contributed by atoms with E-state index in [1.165, 1.54) is 11.1 Å². The van der Waals surface area contributed by atoms with Crippen molar-refractivity contribution in [1.82, 2.24) is 4.98 Å². The van der Waals surface area contributed by atoms with Crippen molar-refractivity contribution in [2.75, 3.05) is 6.61 Å². The largest absolute Gasteiger partial charge is 0.396 e. The van der Waals surface area contributed by atoms with E-state index in [-0.39, 0.29) is 12.0 Å². The number of nitrogens with zero attached hydrogens (tertiary/aromatic N) is 1. The molecule has 2 aromatic heterocycles. The number of rotatable bonds is 4. The summed E-state index contributed by atoms with van der Waals surface area (Å²) in [5.74, 6) is 0. The molecule has 1 N–H and O–H groups in total. The molecule has 0 spiro atoms. The van der Waals surface area contributed by atoms with Crippen LogP contribution in [-0.4, -0.2) is 16.7 Å². The van der Waals surface area contributed by atoms with Crippen LogP contribution in [0.25, 0.3) is 21.5 Å². The van der Waals surface area contributed by atoms with Crippen molar-refractivity contribution in [3.8, 4) is 10.6 Å². The molecule has 0 aliphatic rings. The molecule has 126 valence electrons. The van der Waals surface area contributed by atoms with E-state index < -0.39 is 0 Å². The third-order valence-corrected chi connectivity index (χ3v) is 5.41. The Balaban J connectivity index is 2.16. The maximum absolute atomic E-state index is 9.22. The van der Waals surface area contributed by atoms with Crippen LogP contribution in [0, 0.1) is 0 Å². The molecule has 0 bridgehead atoms. The molecule has 1 aromatic carbocycles. The van der Waals surface area contributed by atoms with Gasteiger partial charge in [0.1, 0.15) is 0 Å². The van der Waals surface area contributed by atoms with Crippen LogP contribution in [-0.2, 0) is 11.8 Å². The van der Waals surface area contributed by atoms with Crippen molar-refractivity contribution >= 4 is 33.8 Å². The van der Waals surface area contributed by atoms with Gasteiger partial charge in [-0.2, -0.15) is 0 Å². The second-order valence-electron chi connectivity index (χ2n) is 7.08. The first kappa shape index (κ1) is 17.4. The highest BCUT2D eigenvalue weighted by Gasteiger charge is 2.16. The van der Waals surface area contributed by atoms with E-state index in [1.807, 2.05) is 12.1 Å². The summed E-state index contributed by atoms with van der Waals surface area (Å²) in [6.45, 7) is 6.84. The van der Waals surface area contributed by atoms with Crippen LogP contribution in [0.4, 0.5) is 0 Å². The Morgan fingerprint density at radius 2 is 1.92 bits per heavy atom. The SMILES string of the molecule is CC(C)(C)c1ccc2nc(-c3ccc(Cl)s3)c(CCCO)cc2c1. The minimum Gasteiger partial charge on any atom is -0.396 e. The summed E-state index contributed by atoms with van der Waals surface area (Å²) >= 11 is 7.65. The highest BCUT2D eigenvalue weighted by Crippen LogP contribution is 2.35. The Kier molecular flexibility index (Phi) is 4.95. The van der Waals surface area contributed by atoms with Crippen molar-refractivity contribution < 1.29 is 5.11 Å². The zero-order valence-corrected chi connectivity index (χ0v) is 15.8. The summed E-state index contributed by atoms with van der Waals surface area (Å²) in [7, 11) is 0. The van der Waals surface area contributed by atoms with Crippen LogP contribution in [0.2, 0.25) is 4.34 Å². The summed E-state index contributed by atoms with van der Waals surface area (Å²) < 4.78 is 0.767. The van der Waals surface area contributed by atoms with Crippen molar-refractivity contribution in [2.24, 2.45) is 0 Å². The molecule has 3 rings (SSSR count). The van der Waals surface area contributed by atoms with Crippen molar-refractivity contribution in [3.63, 3.8) is 0 Å². The van der Waals surface area contributed by atoms with Crippen LogP contribution >= 0.6 is 22.9 Å². The van der Waals surface area contributed by atoms with Gasteiger partial charge in [0, 0.05) is 12.0 Å². The predicted octanol–water partition coefficient (Wildman–Crippen LogP) is 5.84. The lowest BCUT2D eigenvalue weighted by Crippen LogP contribution is -2.10. The minimum atomic E-state index is 0.111. The van der Waals surface area contributed by atoms with Gasteiger partial charge in [0.25, 0.3) is 0 Å². The Morgan fingerprint density at radius 1 is 1.12 bits per heavy atom. The number of hydrogen-bond donors (Lipinski definition) is 1. The predicted molar refractivity (Wildman–Crippen MR) is 104 cm³/mol. The second-order valence-corrected chi connectivity index (χ2v) is 8.80. The van der Waals surface area contributed by atoms with Crippen LogP contribution < -0.4 is 0 Å². The maximum atomic E-state index is 9.22. The Morgan fingerprint density at radius 3 is 2.54 bits per heavy atom. The molecule has 24 heavy (non-hydrogen) atoms. The van der Waals surface area contributed by atoms with Crippen LogP contribution in [0.15, 0.2) is 36.4 Å². The number of thiophene rings is 1. The first-order valence-corrected chi connectivity index (χ1v) is 9.38. The summed E-state index contributed by atoms with van der Waals surface area (Å²) in [4.78, 5) is 5.98. The van der Waals surface area contributed by atoms with Gasteiger partial charge in [0.15, 0.2) is 0 Å². The average Bonchev–Trinajstić information content (AvgIpc) is 2.97. The van der Waals surface area contributed by atoms with E-state index >= 15 is 0 Å². The minimum absolute atomic E-state index is 0.111. The fourth-order valence-corrected chi connectivity index (χ4v) is 3.87. The maximum Gasteiger partial charge on any atom is 0.0935 e. The molecule has 4 heteroatoms. The molecule has 0 saturated carbocycles. The summed E-state index contributed by atoms with van der Waals surface area (Å²) in [6, 6.07) is 12.6. The molecular formula is C20H22ClNOS. The summed E-state index contributed by atoms with van der Waals surface area (Å²) in [6.07, 6.45) is 1.54. The molecule has 2 nitrogen and oxygen atoms in total. The highest BCUT2D eigenvalue weighted by atomic mass is 35.5. The molecule has 2 heterocycles. The Hall–Kier alpha value is -1.42. The molecule has 0 unspecified atom stereocenters. The molecule has 0 aliphatic carbocycles. The van der Waals surface area contributed by atoms with E-state index in [0.717, 1.165) is 38.7 Å². The van der Waals surface area contributed by atoms with Crippen LogP contribution in [0.5, 0.6) is 0 Å². The lowest BCUT2D eigenvalue weighted by Gasteiger charge is -2.20. The van der Waals surface area contributed by atoms with E-state index in [9.17, 15) is 5.11 Å². The smallest absolute Gasteiger partial charge is 0.0935 e. The molecule has 0 aliphatic heterocycles. The molecular weight excluding hydrogens is 338 g/mol. The van der Waals surface area contributed by atoms with E-state index in [2.05, 4.69) is 45.0 Å². The average molecular weight is 360 g/mol. The number of aliphatic hydroxyl groups is 1. The third kappa shape index (κ3) is 3.64. The Labute approximate surface area is 152 Å². The number of benzene rings is 1. The number of aryl methyl sites for hydroxylation is 1.